The summed E-state index contributed by atoms with van der Waals surface area (Å²) in [4.78, 5) is 0. The maximum atomic E-state index is 3.80. The third kappa shape index (κ3) is 4.18. The van der Waals surface area contributed by atoms with Crippen LogP contribution in [0, 0.1) is 0 Å². The zero-order chi connectivity index (χ0) is 11.1. The lowest BCUT2D eigenvalue weighted by Gasteiger charge is -2.17. The van der Waals surface area contributed by atoms with E-state index in [9.17, 15) is 0 Å². The minimum absolute atomic E-state index is 0.399. The molecule has 0 aliphatic carbocycles. The number of halogens is 1. The predicted molar refractivity (Wildman–Crippen MR) is 70.0 cm³/mol. The van der Waals surface area contributed by atoms with Crippen molar-refractivity contribution in [3.05, 3.63) is 47.0 Å². The second kappa shape index (κ2) is 6.81. The van der Waals surface area contributed by atoms with Crippen LogP contribution >= 0.6 is 15.9 Å². The molecule has 0 spiro atoms. The molecule has 0 heterocycles. The Kier molecular flexibility index (Phi) is 5.66. The molecule has 1 rings (SSSR count). The molecule has 0 aromatic heterocycles. The SMILES string of the molecule is C=CCC(NCCC)c1ccc(Br)cc1. The molecule has 1 nitrogen and oxygen atoms in total. The van der Waals surface area contributed by atoms with Crippen LogP contribution in [0.25, 0.3) is 0 Å². The second-order valence-corrected chi connectivity index (χ2v) is 4.50. The van der Waals surface area contributed by atoms with Crippen molar-refractivity contribution in [3.8, 4) is 0 Å². The van der Waals surface area contributed by atoms with Crippen LogP contribution < -0.4 is 5.32 Å². The zero-order valence-electron chi connectivity index (χ0n) is 9.17. The van der Waals surface area contributed by atoms with Crippen LogP contribution in [0.1, 0.15) is 31.4 Å². The summed E-state index contributed by atoms with van der Waals surface area (Å²) in [6, 6.07) is 8.87. The van der Waals surface area contributed by atoms with Gasteiger partial charge in [0.25, 0.3) is 0 Å². The Bertz CT molecular complexity index is 292. The summed E-state index contributed by atoms with van der Waals surface area (Å²) in [6.07, 6.45) is 4.10. The Morgan fingerprint density at radius 1 is 1.40 bits per heavy atom. The fourth-order valence-electron chi connectivity index (χ4n) is 1.52. The van der Waals surface area contributed by atoms with Gasteiger partial charge in [0.15, 0.2) is 0 Å². The number of benzene rings is 1. The summed E-state index contributed by atoms with van der Waals surface area (Å²) in [6.45, 7) is 7.03. The largest absolute Gasteiger partial charge is 0.310 e. The van der Waals surface area contributed by atoms with Gasteiger partial charge in [-0.2, -0.15) is 0 Å². The van der Waals surface area contributed by atoms with Crippen molar-refractivity contribution in [3.63, 3.8) is 0 Å². The van der Waals surface area contributed by atoms with Crippen molar-refractivity contribution in [2.75, 3.05) is 6.54 Å². The minimum Gasteiger partial charge on any atom is -0.310 e. The first-order valence-electron chi connectivity index (χ1n) is 5.37. The average Bonchev–Trinajstić information content (AvgIpc) is 2.25. The molecule has 0 aliphatic rings. The van der Waals surface area contributed by atoms with Crippen LogP contribution in [0.4, 0.5) is 0 Å². The summed E-state index contributed by atoms with van der Waals surface area (Å²) in [5.74, 6) is 0. The number of rotatable bonds is 6. The number of hydrogen-bond donors (Lipinski definition) is 1. The van der Waals surface area contributed by atoms with E-state index in [4.69, 9.17) is 0 Å². The second-order valence-electron chi connectivity index (χ2n) is 3.58. The van der Waals surface area contributed by atoms with E-state index in [1.165, 1.54) is 5.56 Å². The first-order valence-corrected chi connectivity index (χ1v) is 6.17. The first-order chi connectivity index (χ1) is 7.27. The van der Waals surface area contributed by atoms with Gasteiger partial charge in [-0.3, -0.25) is 0 Å². The van der Waals surface area contributed by atoms with E-state index in [0.717, 1.165) is 23.9 Å². The maximum absolute atomic E-state index is 3.80. The molecule has 1 N–H and O–H groups in total. The molecule has 1 unspecified atom stereocenters. The summed E-state index contributed by atoms with van der Waals surface area (Å²) in [5.41, 5.74) is 1.33. The van der Waals surface area contributed by atoms with E-state index in [1.807, 2.05) is 6.08 Å². The van der Waals surface area contributed by atoms with Crippen LogP contribution in [-0.2, 0) is 0 Å². The number of hydrogen-bond acceptors (Lipinski definition) is 1. The van der Waals surface area contributed by atoms with E-state index in [0.29, 0.717) is 6.04 Å². The predicted octanol–water partition coefficient (Wildman–Crippen LogP) is 4.07. The van der Waals surface area contributed by atoms with Gasteiger partial charge in [-0.05, 0) is 37.1 Å². The zero-order valence-corrected chi connectivity index (χ0v) is 10.8. The molecule has 2 heteroatoms. The molecule has 0 radical (unpaired) electrons. The van der Waals surface area contributed by atoms with Gasteiger partial charge in [-0.1, -0.05) is 41.1 Å². The molecule has 0 saturated heterocycles. The molecule has 15 heavy (non-hydrogen) atoms. The van der Waals surface area contributed by atoms with Crippen LogP contribution in [0.5, 0.6) is 0 Å². The average molecular weight is 268 g/mol. The Morgan fingerprint density at radius 2 is 2.07 bits per heavy atom. The highest BCUT2D eigenvalue weighted by Crippen LogP contribution is 2.19. The smallest absolute Gasteiger partial charge is 0.0354 e. The molecular formula is C13H18BrN. The third-order valence-corrected chi connectivity index (χ3v) is 2.84. The fraction of sp³-hybridized carbons (Fsp3) is 0.385. The summed E-state index contributed by atoms with van der Waals surface area (Å²) in [5, 5.41) is 3.52. The van der Waals surface area contributed by atoms with Crippen LogP contribution in [0.15, 0.2) is 41.4 Å². The lowest BCUT2D eigenvalue weighted by Crippen LogP contribution is -2.21. The van der Waals surface area contributed by atoms with E-state index in [2.05, 4.69) is 59.0 Å². The lowest BCUT2D eigenvalue weighted by molar-refractivity contribution is 0.537. The molecule has 1 aromatic rings. The van der Waals surface area contributed by atoms with Crippen molar-refractivity contribution >= 4 is 15.9 Å². The molecule has 0 fully saturated rings. The first kappa shape index (κ1) is 12.5. The topological polar surface area (TPSA) is 12.0 Å². The quantitative estimate of drug-likeness (QED) is 0.767. The van der Waals surface area contributed by atoms with Crippen molar-refractivity contribution in [1.82, 2.24) is 5.32 Å². The third-order valence-electron chi connectivity index (χ3n) is 2.32. The van der Waals surface area contributed by atoms with Crippen molar-refractivity contribution in [1.29, 1.82) is 0 Å². The van der Waals surface area contributed by atoms with Crippen molar-refractivity contribution in [2.24, 2.45) is 0 Å². The molecule has 82 valence electrons. The molecule has 0 amide bonds. The Morgan fingerprint density at radius 3 is 2.60 bits per heavy atom. The van der Waals surface area contributed by atoms with E-state index < -0.39 is 0 Å². The molecule has 1 atom stereocenters. The van der Waals surface area contributed by atoms with Crippen molar-refractivity contribution in [2.45, 2.75) is 25.8 Å². The highest BCUT2D eigenvalue weighted by molar-refractivity contribution is 9.10. The van der Waals surface area contributed by atoms with Gasteiger partial charge in [-0.15, -0.1) is 6.58 Å². The van der Waals surface area contributed by atoms with E-state index in [-0.39, 0.29) is 0 Å². The van der Waals surface area contributed by atoms with Gasteiger partial charge < -0.3 is 5.32 Å². The molecule has 0 saturated carbocycles. The minimum atomic E-state index is 0.399. The van der Waals surface area contributed by atoms with Crippen LogP contribution in [0.2, 0.25) is 0 Å². The van der Waals surface area contributed by atoms with Gasteiger partial charge in [0.1, 0.15) is 0 Å². The van der Waals surface area contributed by atoms with E-state index >= 15 is 0 Å². The van der Waals surface area contributed by atoms with Gasteiger partial charge in [0.05, 0.1) is 0 Å². The summed E-state index contributed by atoms with van der Waals surface area (Å²) < 4.78 is 1.12. The molecule has 1 aromatic carbocycles. The van der Waals surface area contributed by atoms with Gasteiger partial charge in [0.2, 0.25) is 0 Å². The fourth-order valence-corrected chi connectivity index (χ4v) is 1.78. The normalized spacial score (nSPS) is 12.4. The Hall–Kier alpha value is -0.600. The van der Waals surface area contributed by atoms with E-state index in [1.54, 1.807) is 0 Å². The highest BCUT2D eigenvalue weighted by Gasteiger charge is 2.07. The highest BCUT2D eigenvalue weighted by atomic mass is 79.9. The lowest BCUT2D eigenvalue weighted by atomic mass is 10.0. The summed E-state index contributed by atoms with van der Waals surface area (Å²) >= 11 is 3.45. The van der Waals surface area contributed by atoms with Crippen molar-refractivity contribution < 1.29 is 0 Å². The van der Waals surface area contributed by atoms with Gasteiger partial charge >= 0.3 is 0 Å². The summed E-state index contributed by atoms with van der Waals surface area (Å²) in [7, 11) is 0. The Labute approximate surface area is 101 Å². The van der Waals surface area contributed by atoms with Crippen LogP contribution in [-0.4, -0.2) is 6.54 Å². The Balaban J connectivity index is 2.69. The van der Waals surface area contributed by atoms with Gasteiger partial charge in [0, 0.05) is 10.5 Å². The number of nitrogens with one attached hydrogen (secondary N) is 1. The standard InChI is InChI=1S/C13H18BrN/c1-3-5-13(15-10-4-2)11-6-8-12(14)9-7-11/h3,6-9,13,15H,1,4-5,10H2,2H3. The molecule has 0 aliphatic heterocycles. The monoisotopic (exact) mass is 267 g/mol. The van der Waals surface area contributed by atoms with Gasteiger partial charge in [-0.25, -0.2) is 0 Å². The van der Waals surface area contributed by atoms with Crippen LogP contribution in [0.3, 0.4) is 0 Å². The maximum Gasteiger partial charge on any atom is 0.0354 e. The molecule has 0 bridgehead atoms. The molecular weight excluding hydrogens is 250 g/mol.